The van der Waals surface area contributed by atoms with Gasteiger partial charge in [0.25, 0.3) is 0 Å². The van der Waals surface area contributed by atoms with Gasteiger partial charge in [-0.2, -0.15) is 0 Å². The minimum atomic E-state index is -0.973. The molecule has 1 unspecified atom stereocenters. The van der Waals surface area contributed by atoms with Crippen molar-refractivity contribution in [3.05, 3.63) is 78.6 Å². The molecular weight excluding hydrogens is 326 g/mol. The summed E-state index contributed by atoms with van der Waals surface area (Å²) in [5.74, 6) is 1.27. The molecule has 0 bridgehead atoms. The summed E-state index contributed by atoms with van der Waals surface area (Å²) < 4.78 is 5.37. The molecule has 1 aliphatic rings. The van der Waals surface area contributed by atoms with Crippen LogP contribution in [0.1, 0.15) is 5.56 Å². The van der Waals surface area contributed by atoms with Crippen LogP contribution in [0.4, 0.5) is 5.69 Å². The number of aliphatic imine (C=N–C) groups is 1. The van der Waals surface area contributed by atoms with Gasteiger partial charge >= 0.3 is 0 Å². The molecule has 26 heavy (non-hydrogen) atoms. The number of fused-ring (bicyclic) bond motifs is 1. The highest BCUT2D eigenvalue weighted by atomic mass is 16.5. The lowest BCUT2D eigenvalue weighted by atomic mass is 9.98. The molecule has 0 fully saturated rings. The summed E-state index contributed by atoms with van der Waals surface area (Å²) in [4.78, 5) is 9.02. The standard InChI is InChI=1S/C20H19N5O/c1-26-18-7-3-2-6-17(18)24-19-23-12-10-20(21,25-19)15-8-9-16-14(13-15)5-4-11-22-16/h2-13H,21H2,1H3,(H2,23,24,25). The molecule has 1 atom stereocenters. The second kappa shape index (κ2) is 6.50. The minimum absolute atomic E-state index is 0.547. The molecule has 0 spiro atoms. The van der Waals surface area contributed by atoms with Crippen molar-refractivity contribution in [2.24, 2.45) is 10.7 Å². The van der Waals surface area contributed by atoms with Gasteiger partial charge in [0, 0.05) is 17.8 Å². The Hall–Kier alpha value is -3.38. The zero-order valence-electron chi connectivity index (χ0n) is 14.3. The maximum Gasteiger partial charge on any atom is 0.202 e. The molecule has 4 N–H and O–H groups in total. The second-order valence-electron chi connectivity index (χ2n) is 6.00. The van der Waals surface area contributed by atoms with Crippen LogP contribution < -0.4 is 21.1 Å². The van der Waals surface area contributed by atoms with Crippen molar-refractivity contribution in [2.75, 3.05) is 12.4 Å². The van der Waals surface area contributed by atoms with E-state index in [2.05, 4.69) is 20.6 Å². The van der Waals surface area contributed by atoms with Crippen molar-refractivity contribution in [3.63, 3.8) is 0 Å². The van der Waals surface area contributed by atoms with Crippen molar-refractivity contribution in [3.8, 4) is 5.75 Å². The number of rotatable bonds is 3. The summed E-state index contributed by atoms with van der Waals surface area (Å²) in [7, 11) is 1.63. The van der Waals surface area contributed by atoms with Crippen LogP contribution in [-0.4, -0.2) is 18.1 Å². The number of aromatic nitrogens is 1. The van der Waals surface area contributed by atoms with Crippen LogP contribution in [0.2, 0.25) is 0 Å². The van der Waals surface area contributed by atoms with E-state index in [0.29, 0.717) is 5.96 Å². The summed E-state index contributed by atoms with van der Waals surface area (Å²) in [5, 5.41) is 7.35. The maximum absolute atomic E-state index is 6.58. The monoisotopic (exact) mass is 345 g/mol. The fourth-order valence-corrected chi connectivity index (χ4v) is 2.93. The average Bonchev–Trinajstić information content (AvgIpc) is 2.68. The summed E-state index contributed by atoms with van der Waals surface area (Å²) in [5.41, 5.74) is 8.22. The van der Waals surface area contributed by atoms with E-state index in [1.165, 1.54) is 0 Å². The fraction of sp³-hybridized carbons (Fsp3) is 0.100. The number of nitrogens with one attached hydrogen (secondary N) is 2. The number of anilines is 1. The lowest BCUT2D eigenvalue weighted by Gasteiger charge is -2.27. The molecule has 2 heterocycles. The molecule has 2 aromatic carbocycles. The largest absolute Gasteiger partial charge is 0.495 e. The number of hydrogen-bond donors (Lipinski definition) is 3. The van der Waals surface area contributed by atoms with Gasteiger partial charge in [0.1, 0.15) is 5.75 Å². The molecule has 0 radical (unpaired) electrons. The van der Waals surface area contributed by atoms with E-state index in [1.54, 1.807) is 19.5 Å². The maximum atomic E-state index is 6.58. The van der Waals surface area contributed by atoms with Crippen molar-refractivity contribution in [1.82, 2.24) is 10.3 Å². The Bertz CT molecular complexity index is 1010. The van der Waals surface area contributed by atoms with E-state index in [4.69, 9.17) is 10.5 Å². The van der Waals surface area contributed by atoms with Gasteiger partial charge < -0.3 is 15.4 Å². The van der Waals surface area contributed by atoms with Crippen LogP contribution >= 0.6 is 0 Å². The van der Waals surface area contributed by atoms with Gasteiger partial charge in [-0.05, 0) is 42.0 Å². The van der Waals surface area contributed by atoms with Gasteiger partial charge in [-0.15, -0.1) is 0 Å². The van der Waals surface area contributed by atoms with Crippen molar-refractivity contribution in [2.45, 2.75) is 5.66 Å². The Morgan fingerprint density at radius 3 is 2.88 bits per heavy atom. The van der Waals surface area contributed by atoms with Gasteiger partial charge in [-0.3, -0.25) is 10.7 Å². The Kier molecular flexibility index (Phi) is 4.02. The number of methoxy groups -OCH3 is 1. The van der Waals surface area contributed by atoms with E-state index >= 15 is 0 Å². The molecular formula is C20H19N5O. The first-order chi connectivity index (χ1) is 12.7. The van der Waals surface area contributed by atoms with Crippen LogP contribution in [0, 0.1) is 0 Å². The number of nitrogens with zero attached hydrogens (tertiary/aromatic N) is 2. The Morgan fingerprint density at radius 1 is 1.12 bits per heavy atom. The number of ether oxygens (including phenoxy) is 1. The first-order valence-corrected chi connectivity index (χ1v) is 8.26. The molecule has 3 aromatic rings. The van der Waals surface area contributed by atoms with E-state index in [9.17, 15) is 0 Å². The summed E-state index contributed by atoms with van der Waals surface area (Å²) in [6, 6.07) is 17.5. The SMILES string of the molecule is COc1ccccc1NC1=NC(N)(c2ccc3ncccc3c2)C=CN1. The van der Waals surface area contributed by atoms with Crippen LogP contribution in [0.3, 0.4) is 0 Å². The third kappa shape index (κ3) is 2.98. The first kappa shape index (κ1) is 16.1. The quantitative estimate of drug-likeness (QED) is 0.680. The minimum Gasteiger partial charge on any atom is -0.495 e. The van der Waals surface area contributed by atoms with Crippen LogP contribution in [-0.2, 0) is 5.66 Å². The summed E-state index contributed by atoms with van der Waals surface area (Å²) in [6.07, 6.45) is 5.40. The number of benzene rings is 2. The Balaban J connectivity index is 1.68. The second-order valence-corrected chi connectivity index (χ2v) is 6.00. The normalized spacial score (nSPS) is 18.9. The zero-order valence-corrected chi connectivity index (χ0v) is 14.3. The van der Waals surface area contributed by atoms with Gasteiger partial charge in [0.15, 0.2) is 5.66 Å². The summed E-state index contributed by atoms with van der Waals surface area (Å²) >= 11 is 0. The first-order valence-electron chi connectivity index (χ1n) is 8.26. The van der Waals surface area contributed by atoms with Gasteiger partial charge in [-0.1, -0.05) is 24.3 Å². The van der Waals surface area contributed by atoms with Crippen molar-refractivity contribution in [1.29, 1.82) is 0 Å². The number of guanidine groups is 1. The predicted octanol–water partition coefficient (Wildman–Crippen LogP) is 2.94. The lowest BCUT2D eigenvalue weighted by molar-refractivity contribution is 0.417. The van der Waals surface area contributed by atoms with E-state index < -0.39 is 5.66 Å². The smallest absolute Gasteiger partial charge is 0.202 e. The van der Waals surface area contributed by atoms with Crippen molar-refractivity contribution < 1.29 is 4.74 Å². The Labute approximate surface area is 151 Å². The highest BCUT2D eigenvalue weighted by molar-refractivity contribution is 5.96. The van der Waals surface area contributed by atoms with Gasteiger partial charge in [0.05, 0.1) is 18.3 Å². The van der Waals surface area contributed by atoms with E-state index in [-0.39, 0.29) is 0 Å². The third-order valence-corrected chi connectivity index (χ3v) is 4.28. The van der Waals surface area contributed by atoms with Gasteiger partial charge in [-0.25, -0.2) is 4.99 Å². The number of para-hydroxylation sites is 2. The number of nitrogens with two attached hydrogens (primary N) is 1. The topological polar surface area (TPSA) is 84.6 Å². The molecule has 1 aliphatic heterocycles. The molecule has 4 rings (SSSR count). The molecule has 1 aromatic heterocycles. The molecule has 0 saturated carbocycles. The average molecular weight is 345 g/mol. The molecule has 6 nitrogen and oxygen atoms in total. The van der Waals surface area contributed by atoms with Crippen LogP contribution in [0.5, 0.6) is 5.75 Å². The Morgan fingerprint density at radius 2 is 2.00 bits per heavy atom. The molecule has 0 amide bonds. The highest BCUT2D eigenvalue weighted by Crippen LogP contribution is 2.28. The number of pyridine rings is 1. The molecule has 130 valence electrons. The lowest BCUT2D eigenvalue weighted by Crippen LogP contribution is -2.41. The van der Waals surface area contributed by atoms with E-state index in [1.807, 2.05) is 60.7 Å². The molecule has 6 heteroatoms. The third-order valence-electron chi connectivity index (χ3n) is 4.28. The summed E-state index contributed by atoms with van der Waals surface area (Å²) in [6.45, 7) is 0. The molecule has 0 aliphatic carbocycles. The van der Waals surface area contributed by atoms with Crippen LogP contribution in [0.25, 0.3) is 10.9 Å². The molecule has 0 saturated heterocycles. The highest BCUT2D eigenvalue weighted by Gasteiger charge is 2.27. The zero-order chi connectivity index (χ0) is 18.0. The number of hydrogen-bond acceptors (Lipinski definition) is 6. The van der Waals surface area contributed by atoms with Crippen molar-refractivity contribution >= 4 is 22.5 Å². The van der Waals surface area contributed by atoms with Crippen LogP contribution in [0.15, 0.2) is 78.1 Å². The van der Waals surface area contributed by atoms with Gasteiger partial charge in [0.2, 0.25) is 5.96 Å². The fourth-order valence-electron chi connectivity index (χ4n) is 2.93. The van der Waals surface area contributed by atoms with E-state index in [0.717, 1.165) is 27.9 Å². The predicted molar refractivity (Wildman–Crippen MR) is 104 cm³/mol.